The molecule has 1 aliphatic heterocycles. The van der Waals surface area contributed by atoms with Crippen molar-refractivity contribution in [3.63, 3.8) is 0 Å². The van der Waals surface area contributed by atoms with Crippen molar-refractivity contribution in [1.82, 2.24) is 4.90 Å². The van der Waals surface area contributed by atoms with E-state index < -0.39 is 0 Å². The molecule has 2 nitrogen and oxygen atoms in total. The van der Waals surface area contributed by atoms with Crippen LogP contribution >= 0.6 is 0 Å². The van der Waals surface area contributed by atoms with Gasteiger partial charge in [0.1, 0.15) is 0 Å². The van der Waals surface area contributed by atoms with E-state index in [4.69, 9.17) is 0 Å². The van der Waals surface area contributed by atoms with Gasteiger partial charge in [-0.1, -0.05) is 6.42 Å². The van der Waals surface area contributed by atoms with Crippen molar-refractivity contribution in [2.24, 2.45) is 17.8 Å². The number of rotatable bonds is 2. The zero-order valence-corrected chi connectivity index (χ0v) is 9.57. The molecule has 0 radical (unpaired) electrons. The van der Waals surface area contributed by atoms with E-state index in [-0.39, 0.29) is 6.10 Å². The predicted octanol–water partition coefficient (Wildman–Crippen LogP) is 1.88. The number of fused-ring (bicyclic) bond motifs is 2. The summed E-state index contributed by atoms with van der Waals surface area (Å²) in [4.78, 5) is 2.60. The molecular formula is C13H23NO. The molecule has 86 valence electrons. The molecule has 0 amide bonds. The molecule has 0 aromatic carbocycles. The first-order valence-electron chi connectivity index (χ1n) is 6.71. The first kappa shape index (κ1) is 10.1. The average molecular weight is 209 g/mol. The van der Waals surface area contributed by atoms with Crippen molar-refractivity contribution in [3.05, 3.63) is 0 Å². The van der Waals surface area contributed by atoms with Gasteiger partial charge in [0.05, 0.1) is 6.10 Å². The minimum absolute atomic E-state index is 0.0127. The summed E-state index contributed by atoms with van der Waals surface area (Å²) >= 11 is 0. The number of hydrogen-bond donors (Lipinski definition) is 1. The van der Waals surface area contributed by atoms with E-state index in [9.17, 15) is 5.11 Å². The maximum absolute atomic E-state index is 9.47. The molecule has 3 fully saturated rings. The summed E-state index contributed by atoms with van der Waals surface area (Å²) in [7, 11) is 0. The van der Waals surface area contributed by atoms with Crippen molar-refractivity contribution in [2.45, 2.75) is 44.6 Å². The highest BCUT2D eigenvalue weighted by molar-refractivity contribution is 4.91. The first-order valence-corrected chi connectivity index (χ1v) is 6.71. The fourth-order valence-corrected chi connectivity index (χ4v) is 4.03. The highest BCUT2D eigenvalue weighted by atomic mass is 16.3. The lowest BCUT2D eigenvalue weighted by atomic mass is 9.88. The second-order valence-electron chi connectivity index (χ2n) is 5.97. The van der Waals surface area contributed by atoms with E-state index in [0.29, 0.717) is 0 Å². The van der Waals surface area contributed by atoms with E-state index in [0.717, 1.165) is 43.7 Å². The molecule has 0 aromatic heterocycles. The van der Waals surface area contributed by atoms with E-state index in [1.54, 1.807) is 0 Å². The Labute approximate surface area is 92.7 Å². The molecule has 3 unspecified atom stereocenters. The molecular weight excluding hydrogens is 186 g/mol. The normalized spacial score (nSPS) is 42.6. The summed E-state index contributed by atoms with van der Waals surface area (Å²) in [5.41, 5.74) is 0. The number of piperidine rings is 1. The van der Waals surface area contributed by atoms with Crippen LogP contribution in [0.1, 0.15) is 38.5 Å². The van der Waals surface area contributed by atoms with Gasteiger partial charge in [-0.15, -0.1) is 0 Å². The Morgan fingerprint density at radius 3 is 2.40 bits per heavy atom. The molecule has 3 rings (SSSR count). The zero-order chi connectivity index (χ0) is 10.3. The lowest BCUT2D eigenvalue weighted by Gasteiger charge is -2.33. The third-order valence-electron chi connectivity index (χ3n) is 4.93. The van der Waals surface area contributed by atoms with Crippen LogP contribution in [0.3, 0.4) is 0 Å². The van der Waals surface area contributed by atoms with Crippen LogP contribution in [0.5, 0.6) is 0 Å². The van der Waals surface area contributed by atoms with Crippen LogP contribution in [0.15, 0.2) is 0 Å². The van der Waals surface area contributed by atoms with E-state index in [2.05, 4.69) is 4.90 Å². The standard InChI is InChI=1S/C13H23NO/c15-13-3-5-14(6-4-13)9-12-8-10-1-2-11(12)7-10/h10-13,15H,1-9H2. The summed E-state index contributed by atoms with van der Waals surface area (Å²) < 4.78 is 0. The Bertz CT molecular complexity index is 223. The molecule has 15 heavy (non-hydrogen) atoms. The van der Waals surface area contributed by atoms with E-state index in [1.807, 2.05) is 0 Å². The maximum Gasteiger partial charge on any atom is 0.0564 e. The third kappa shape index (κ3) is 2.07. The van der Waals surface area contributed by atoms with Gasteiger partial charge in [-0.2, -0.15) is 0 Å². The second-order valence-corrected chi connectivity index (χ2v) is 5.97. The summed E-state index contributed by atoms with van der Waals surface area (Å²) in [6.07, 6.45) is 8.04. The predicted molar refractivity (Wildman–Crippen MR) is 60.6 cm³/mol. The SMILES string of the molecule is OC1CCN(CC2CC3CCC2C3)CC1. The van der Waals surface area contributed by atoms with Crippen LogP contribution in [-0.2, 0) is 0 Å². The van der Waals surface area contributed by atoms with Crippen LogP contribution in [0.25, 0.3) is 0 Å². The first-order chi connectivity index (χ1) is 7.31. The quantitative estimate of drug-likeness (QED) is 0.750. The Morgan fingerprint density at radius 1 is 1.00 bits per heavy atom. The molecule has 2 saturated carbocycles. The summed E-state index contributed by atoms with van der Waals surface area (Å²) in [5.74, 6) is 3.14. The molecule has 2 aliphatic carbocycles. The van der Waals surface area contributed by atoms with Gasteiger partial charge >= 0.3 is 0 Å². The maximum atomic E-state index is 9.47. The van der Waals surface area contributed by atoms with Gasteiger partial charge in [-0.3, -0.25) is 0 Å². The molecule has 1 saturated heterocycles. The smallest absolute Gasteiger partial charge is 0.0564 e. The van der Waals surface area contributed by atoms with Crippen LogP contribution in [0.4, 0.5) is 0 Å². The van der Waals surface area contributed by atoms with Gasteiger partial charge in [0.25, 0.3) is 0 Å². The molecule has 2 bridgehead atoms. The van der Waals surface area contributed by atoms with Gasteiger partial charge in [0.2, 0.25) is 0 Å². The Hall–Kier alpha value is -0.0800. The molecule has 1 heterocycles. The molecule has 0 aromatic rings. The number of hydrogen-bond acceptors (Lipinski definition) is 2. The van der Waals surface area contributed by atoms with Crippen LogP contribution in [0, 0.1) is 17.8 Å². The van der Waals surface area contributed by atoms with Crippen molar-refractivity contribution >= 4 is 0 Å². The highest BCUT2D eigenvalue weighted by Crippen LogP contribution is 2.48. The number of likely N-dealkylation sites (tertiary alicyclic amines) is 1. The van der Waals surface area contributed by atoms with Crippen LogP contribution < -0.4 is 0 Å². The lowest BCUT2D eigenvalue weighted by molar-refractivity contribution is 0.0689. The highest BCUT2D eigenvalue weighted by Gasteiger charge is 2.40. The minimum atomic E-state index is -0.0127. The number of aliphatic hydroxyl groups is 1. The zero-order valence-electron chi connectivity index (χ0n) is 9.57. The van der Waals surface area contributed by atoms with E-state index in [1.165, 1.54) is 32.2 Å². The molecule has 3 aliphatic rings. The number of nitrogens with zero attached hydrogens (tertiary/aromatic N) is 1. The van der Waals surface area contributed by atoms with Gasteiger partial charge in [0.15, 0.2) is 0 Å². The fourth-order valence-electron chi connectivity index (χ4n) is 4.03. The molecule has 2 heteroatoms. The average Bonchev–Trinajstić information content (AvgIpc) is 2.83. The Balaban J connectivity index is 1.49. The molecule has 3 atom stereocenters. The van der Waals surface area contributed by atoms with Gasteiger partial charge in [0, 0.05) is 19.6 Å². The molecule has 0 spiro atoms. The summed E-state index contributed by atoms with van der Waals surface area (Å²) in [6.45, 7) is 3.60. The van der Waals surface area contributed by atoms with Gasteiger partial charge < -0.3 is 10.0 Å². The van der Waals surface area contributed by atoms with Crippen molar-refractivity contribution < 1.29 is 5.11 Å². The monoisotopic (exact) mass is 209 g/mol. The van der Waals surface area contributed by atoms with Crippen LogP contribution in [0.2, 0.25) is 0 Å². The molecule has 1 N–H and O–H groups in total. The van der Waals surface area contributed by atoms with Crippen molar-refractivity contribution in [3.8, 4) is 0 Å². The van der Waals surface area contributed by atoms with Gasteiger partial charge in [-0.25, -0.2) is 0 Å². The topological polar surface area (TPSA) is 23.5 Å². The minimum Gasteiger partial charge on any atom is -0.393 e. The van der Waals surface area contributed by atoms with E-state index >= 15 is 0 Å². The Kier molecular flexibility index (Phi) is 2.73. The van der Waals surface area contributed by atoms with Crippen molar-refractivity contribution in [2.75, 3.05) is 19.6 Å². The summed E-state index contributed by atoms with van der Waals surface area (Å²) in [6, 6.07) is 0. The Morgan fingerprint density at radius 2 is 1.80 bits per heavy atom. The second kappa shape index (κ2) is 4.06. The number of aliphatic hydroxyl groups excluding tert-OH is 1. The largest absolute Gasteiger partial charge is 0.393 e. The lowest BCUT2D eigenvalue weighted by Crippen LogP contribution is -2.39. The summed E-state index contributed by atoms with van der Waals surface area (Å²) in [5, 5.41) is 9.47. The van der Waals surface area contributed by atoms with Gasteiger partial charge in [-0.05, 0) is 49.9 Å². The van der Waals surface area contributed by atoms with Crippen LogP contribution in [-0.4, -0.2) is 35.7 Å². The third-order valence-corrected chi connectivity index (χ3v) is 4.93. The van der Waals surface area contributed by atoms with Crippen molar-refractivity contribution in [1.29, 1.82) is 0 Å². The fraction of sp³-hybridized carbons (Fsp3) is 1.00.